The van der Waals surface area contributed by atoms with Gasteiger partial charge in [-0.2, -0.15) is 0 Å². The van der Waals surface area contributed by atoms with Crippen molar-refractivity contribution in [3.8, 4) is 0 Å². The molecule has 0 radical (unpaired) electrons. The van der Waals surface area contributed by atoms with Crippen LogP contribution in [0.3, 0.4) is 0 Å². The van der Waals surface area contributed by atoms with E-state index in [1.165, 1.54) is 0 Å². The molecule has 2 N–H and O–H groups in total. The SMILES string of the molecule is O=C(c1ccc(CNC(=O)N2CCc3nc[nH]c3CC2)cc1)C1CC1. The molecule has 1 aromatic carbocycles. The van der Waals surface area contributed by atoms with Gasteiger partial charge in [-0.25, -0.2) is 9.78 Å². The summed E-state index contributed by atoms with van der Waals surface area (Å²) in [6.07, 6.45) is 5.35. The Hall–Kier alpha value is -2.63. The van der Waals surface area contributed by atoms with Gasteiger partial charge in [0.1, 0.15) is 0 Å². The third-order valence-corrected chi connectivity index (χ3v) is 4.98. The third kappa shape index (κ3) is 3.57. The van der Waals surface area contributed by atoms with Crippen LogP contribution in [0.5, 0.6) is 0 Å². The van der Waals surface area contributed by atoms with Crippen LogP contribution in [0.1, 0.15) is 40.2 Å². The summed E-state index contributed by atoms with van der Waals surface area (Å²) < 4.78 is 0. The molecule has 4 rings (SSSR count). The van der Waals surface area contributed by atoms with Gasteiger partial charge in [0.25, 0.3) is 0 Å². The number of ketones is 1. The number of aromatic nitrogens is 2. The van der Waals surface area contributed by atoms with Crippen LogP contribution in [0.2, 0.25) is 0 Å². The number of hydrogen-bond donors (Lipinski definition) is 2. The first kappa shape index (κ1) is 15.9. The van der Waals surface area contributed by atoms with E-state index in [-0.39, 0.29) is 17.7 Å². The lowest BCUT2D eigenvalue weighted by Gasteiger charge is -2.20. The molecule has 2 heterocycles. The van der Waals surface area contributed by atoms with E-state index in [0.29, 0.717) is 19.6 Å². The number of imidazole rings is 1. The van der Waals surface area contributed by atoms with Gasteiger partial charge in [-0.1, -0.05) is 24.3 Å². The van der Waals surface area contributed by atoms with Crippen molar-refractivity contribution < 1.29 is 9.59 Å². The highest BCUT2D eigenvalue weighted by molar-refractivity contribution is 5.99. The van der Waals surface area contributed by atoms with Gasteiger partial charge < -0.3 is 15.2 Å². The van der Waals surface area contributed by atoms with Gasteiger partial charge in [-0.05, 0) is 18.4 Å². The Morgan fingerprint density at radius 1 is 1.16 bits per heavy atom. The van der Waals surface area contributed by atoms with Crippen LogP contribution in [-0.4, -0.2) is 39.8 Å². The highest BCUT2D eigenvalue weighted by atomic mass is 16.2. The monoisotopic (exact) mass is 338 g/mol. The lowest BCUT2D eigenvalue weighted by atomic mass is 10.1. The molecule has 2 amide bonds. The summed E-state index contributed by atoms with van der Waals surface area (Å²) >= 11 is 0. The number of rotatable bonds is 4. The number of fused-ring (bicyclic) bond motifs is 1. The number of benzene rings is 1. The lowest BCUT2D eigenvalue weighted by Crippen LogP contribution is -2.41. The summed E-state index contributed by atoms with van der Waals surface area (Å²) in [5.41, 5.74) is 3.97. The molecule has 2 aromatic rings. The van der Waals surface area contributed by atoms with Crippen molar-refractivity contribution in [2.75, 3.05) is 13.1 Å². The second-order valence-corrected chi connectivity index (χ2v) is 6.81. The minimum atomic E-state index is -0.0525. The minimum absolute atomic E-state index is 0.0525. The molecule has 0 saturated heterocycles. The van der Waals surface area contributed by atoms with Gasteiger partial charge in [-0.3, -0.25) is 4.79 Å². The van der Waals surface area contributed by atoms with E-state index in [9.17, 15) is 9.59 Å². The molecule has 25 heavy (non-hydrogen) atoms. The third-order valence-electron chi connectivity index (χ3n) is 4.98. The minimum Gasteiger partial charge on any atom is -0.348 e. The summed E-state index contributed by atoms with van der Waals surface area (Å²) in [6.45, 7) is 1.84. The van der Waals surface area contributed by atoms with Crippen molar-refractivity contribution in [2.24, 2.45) is 5.92 Å². The predicted octanol–water partition coefficient (Wildman–Crippen LogP) is 2.31. The van der Waals surface area contributed by atoms with Crippen molar-refractivity contribution in [2.45, 2.75) is 32.2 Å². The number of Topliss-reactive ketones (excluding diaryl/α,β-unsaturated/α-hetero) is 1. The first-order chi connectivity index (χ1) is 12.2. The van der Waals surface area contributed by atoms with E-state index in [1.807, 2.05) is 29.2 Å². The molecule has 6 heteroatoms. The highest BCUT2D eigenvalue weighted by Gasteiger charge is 2.30. The van der Waals surface area contributed by atoms with Gasteiger partial charge in [0, 0.05) is 49.7 Å². The van der Waals surface area contributed by atoms with E-state index >= 15 is 0 Å². The van der Waals surface area contributed by atoms with Crippen LogP contribution in [0.4, 0.5) is 4.79 Å². The number of carbonyl (C=O) groups excluding carboxylic acids is 2. The van der Waals surface area contributed by atoms with Crippen LogP contribution < -0.4 is 5.32 Å². The molecule has 1 aliphatic carbocycles. The largest absolute Gasteiger partial charge is 0.348 e. The Morgan fingerprint density at radius 3 is 2.68 bits per heavy atom. The van der Waals surface area contributed by atoms with Crippen molar-refractivity contribution >= 4 is 11.8 Å². The molecule has 0 bridgehead atoms. The number of carbonyl (C=O) groups is 2. The fourth-order valence-electron chi connectivity index (χ4n) is 3.24. The quantitative estimate of drug-likeness (QED) is 0.840. The first-order valence-electron chi connectivity index (χ1n) is 8.88. The van der Waals surface area contributed by atoms with Crippen LogP contribution in [-0.2, 0) is 19.4 Å². The van der Waals surface area contributed by atoms with Crippen molar-refractivity contribution in [3.63, 3.8) is 0 Å². The summed E-state index contributed by atoms with van der Waals surface area (Å²) in [4.78, 5) is 33.7. The summed E-state index contributed by atoms with van der Waals surface area (Å²) in [7, 11) is 0. The molecule has 130 valence electrons. The van der Waals surface area contributed by atoms with E-state index in [4.69, 9.17) is 0 Å². The maximum absolute atomic E-state index is 12.4. The average Bonchev–Trinajstić information content (AvgIpc) is 3.43. The Bertz CT molecular complexity index is 754. The fraction of sp³-hybridized carbons (Fsp3) is 0.421. The smallest absolute Gasteiger partial charge is 0.317 e. The maximum atomic E-state index is 12.4. The maximum Gasteiger partial charge on any atom is 0.317 e. The fourth-order valence-corrected chi connectivity index (χ4v) is 3.24. The number of nitrogens with zero attached hydrogens (tertiary/aromatic N) is 2. The van der Waals surface area contributed by atoms with Gasteiger partial charge in [0.05, 0.1) is 12.0 Å². The second-order valence-electron chi connectivity index (χ2n) is 6.81. The molecule has 1 fully saturated rings. The topological polar surface area (TPSA) is 78.1 Å². The zero-order chi connectivity index (χ0) is 17.2. The van der Waals surface area contributed by atoms with Crippen molar-refractivity contribution in [3.05, 3.63) is 53.1 Å². The van der Waals surface area contributed by atoms with Crippen LogP contribution in [0.25, 0.3) is 0 Å². The van der Waals surface area contributed by atoms with Gasteiger partial charge in [0.15, 0.2) is 5.78 Å². The van der Waals surface area contributed by atoms with Crippen LogP contribution in [0.15, 0.2) is 30.6 Å². The van der Waals surface area contributed by atoms with E-state index in [1.54, 1.807) is 6.33 Å². The molecule has 6 nitrogen and oxygen atoms in total. The van der Waals surface area contributed by atoms with Crippen molar-refractivity contribution in [1.82, 2.24) is 20.2 Å². The average molecular weight is 338 g/mol. The Labute approximate surface area is 146 Å². The zero-order valence-electron chi connectivity index (χ0n) is 14.1. The summed E-state index contributed by atoms with van der Waals surface area (Å²) in [5, 5.41) is 2.97. The van der Waals surface area contributed by atoms with Gasteiger partial charge in [0.2, 0.25) is 0 Å². The second kappa shape index (κ2) is 6.70. The van der Waals surface area contributed by atoms with Crippen molar-refractivity contribution in [1.29, 1.82) is 0 Å². The molecular formula is C19H22N4O2. The highest BCUT2D eigenvalue weighted by Crippen LogP contribution is 2.32. The van der Waals surface area contributed by atoms with Gasteiger partial charge in [-0.15, -0.1) is 0 Å². The first-order valence-corrected chi connectivity index (χ1v) is 8.88. The molecular weight excluding hydrogens is 316 g/mol. The van der Waals surface area contributed by atoms with Crippen LogP contribution in [0, 0.1) is 5.92 Å². The van der Waals surface area contributed by atoms with E-state index in [0.717, 1.165) is 48.2 Å². The Morgan fingerprint density at radius 2 is 1.92 bits per heavy atom. The molecule has 0 unspecified atom stereocenters. The number of hydrogen-bond acceptors (Lipinski definition) is 3. The molecule has 2 aliphatic rings. The van der Waals surface area contributed by atoms with Crippen LogP contribution >= 0.6 is 0 Å². The normalized spacial score (nSPS) is 16.9. The molecule has 0 spiro atoms. The summed E-state index contributed by atoms with van der Waals surface area (Å²) in [5.74, 6) is 0.486. The number of H-pyrrole nitrogens is 1. The number of aromatic amines is 1. The zero-order valence-corrected chi connectivity index (χ0v) is 14.1. The Kier molecular flexibility index (Phi) is 4.26. The number of nitrogens with one attached hydrogen (secondary N) is 2. The standard InChI is InChI=1S/C19H22N4O2/c24-18(15-5-6-15)14-3-1-13(2-4-14)11-20-19(25)23-9-7-16-17(8-10-23)22-12-21-16/h1-4,12,15H,5-11H2,(H,20,25)(H,21,22). The molecule has 1 saturated carbocycles. The van der Waals surface area contributed by atoms with E-state index in [2.05, 4.69) is 15.3 Å². The molecule has 1 aromatic heterocycles. The molecule has 0 atom stereocenters. The lowest BCUT2D eigenvalue weighted by molar-refractivity contribution is 0.0967. The number of urea groups is 1. The molecule has 1 aliphatic heterocycles. The Balaban J connectivity index is 1.29. The summed E-state index contributed by atoms with van der Waals surface area (Å²) in [6, 6.07) is 7.53. The predicted molar refractivity (Wildman–Crippen MR) is 93.3 cm³/mol. The van der Waals surface area contributed by atoms with Gasteiger partial charge >= 0.3 is 6.03 Å². The number of amides is 2. The van der Waals surface area contributed by atoms with E-state index < -0.39 is 0 Å².